The molecular formula is C13H19BrN2OS. The van der Waals surface area contributed by atoms with Gasteiger partial charge in [0.1, 0.15) is 0 Å². The molecule has 0 atom stereocenters. The Bertz CT molecular complexity index is 413. The smallest absolute Gasteiger partial charge is 0.222 e. The molecule has 1 saturated carbocycles. The molecule has 1 fully saturated rings. The predicted octanol–water partition coefficient (Wildman–Crippen LogP) is 3.18. The van der Waals surface area contributed by atoms with Gasteiger partial charge in [0.15, 0.2) is 0 Å². The highest BCUT2D eigenvalue weighted by atomic mass is 79.9. The van der Waals surface area contributed by atoms with Gasteiger partial charge in [0, 0.05) is 26.7 Å². The number of halogens is 1. The SMILES string of the molecule is NC1(CC(=O)NCc2cc(Br)cs2)CCCCC1. The van der Waals surface area contributed by atoms with E-state index in [0.29, 0.717) is 13.0 Å². The number of thiophene rings is 1. The minimum atomic E-state index is -0.266. The van der Waals surface area contributed by atoms with Crippen LogP contribution in [0.3, 0.4) is 0 Å². The van der Waals surface area contributed by atoms with Crippen molar-refractivity contribution in [2.24, 2.45) is 5.73 Å². The van der Waals surface area contributed by atoms with Gasteiger partial charge < -0.3 is 11.1 Å². The lowest BCUT2D eigenvalue weighted by atomic mass is 9.80. The van der Waals surface area contributed by atoms with E-state index in [1.54, 1.807) is 11.3 Å². The lowest BCUT2D eigenvalue weighted by Crippen LogP contribution is -2.45. The Kier molecular flexibility index (Phi) is 4.81. The standard InChI is InChI=1S/C13H19BrN2OS/c14-10-6-11(18-9-10)8-16-12(17)7-13(15)4-2-1-3-5-13/h6,9H,1-5,7-8,15H2,(H,16,17). The zero-order chi connectivity index (χ0) is 13.0. The summed E-state index contributed by atoms with van der Waals surface area (Å²) in [7, 11) is 0. The molecule has 0 bridgehead atoms. The van der Waals surface area contributed by atoms with E-state index in [0.717, 1.165) is 35.0 Å². The first kappa shape index (κ1) is 14.0. The van der Waals surface area contributed by atoms with Crippen molar-refractivity contribution in [2.45, 2.75) is 50.6 Å². The molecule has 3 N–H and O–H groups in total. The number of carbonyl (C=O) groups excluding carboxylic acids is 1. The molecule has 1 aromatic heterocycles. The Balaban J connectivity index is 1.78. The largest absolute Gasteiger partial charge is 0.351 e. The van der Waals surface area contributed by atoms with Gasteiger partial charge >= 0.3 is 0 Å². The molecule has 0 saturated heterocycles. The molecule has 3 nitrogen and oxygen atoms in total. The van der Waals surface area contributed by atoms with Crippen molar-refractivity contribution >= 4 is 33.2 Å². The summed E-state index contributed by atoms with van der Waals surface area (Å²) in [4.78, 5) is 13.1. The maximum absolute atomic E-state index is 11.9. The first-order valence-electron chi connectivity index (χ1n) is 6.36. The van der Waals surface area contributed by atoms with Crippen molar-refractivity contribution < 1.29 is 4.79 Å². The summed E-state index contributed by atoms with van der Waals surface area (Å²) in [5, 5.41) is 4.98. The van der Waals surface area contributed by atoms with Crippen molar-refractivity contribution in [3.8, 4) is 0 Å². The maximum Gasteiger partial charge on any atom is 0.222 e. The van der Waals surface area contributed by atoms with Gasteiger partial charge in [0.2, 0.25) is 5.91 Å². The number of amides is 1. The van der Waals surface area contributed by atoms with E-state index in [-0.39, 0.29) is 11.4 Å². The van der Waals surface area contributed by atoms with Gasteiger partial charge in [-0.15, -0.1) is 11.3 Å². The zero-order valence-electron chi connectivity index (χ0n) is 10.4. The molecule has 0 aromatic carbocycles. The van der Waals surface area contributed by atoms with Crippen molar-refractivity contribution in [1.82, 2.24) is 5.32 Å². The van der Waals surface area contributed by atoms with Crippen LogP contribution < -0.4 is 11.1 Å². The van der Waals surface area contributed by atoms with E-state index >= 15 is 0 Å². The van der Waals surface area contributed by atoms with Crippen LogP contribution in [0, 0.1) is 0 Å². The summed E-state index contributed by atoms with van der Waals surface area (Å²) in [6.45, 7) is 0.602. The lowest BCUT2D eigenvalue weighted by Gasteiger charge is -2.32. The van der Waals surface area contributed by atoms with Crippen LogP contribution >= 0.6 is 27.3 Å². The Hall–Kier alpha value is -0.390. The van der Waals surface area contributed by atoms with Gasteiger partial charge in [-0.1, -0.05) is 19.3 Å². The molecule has 0 spiro atoms. The summed E-state index contributed by atoms with van der Waals surface area (Å²) in [5.41, 5.74) is 6.00. The van der Waals surface area contributed by atoms with Crippen LogP contribution in [0.5, 0.6) is 0 Å². The second-order valence-corrected chi connectivity index (χ2v) is 7.02. The molecule has 1 amide bonds. The van der Waals surface area contributed by atoms with Crippen LogP contribution in [0.4, 0.5) is 0 Å². The number of nitrogens with one attached hydrogen (secondary N) is 1. The molecule has 100 valence electrons. The average Bonchev–Trinajstić information content (AvgIpc) is 2.73. The fraction of sp³-hybridized carbons (Fsp3) is 0.615. The first-order valence-corrected chi connectivity index (χ1v) is 8.03. The highest BCUT2D eigenvalue weighted by molar-refractivity contribution is 9.10. The molecule has 0 aliphatic heterocycles. The Morgan fingerprint density at radius 3 is 2.78 bits per heavy atom. The van der Waals surface area contributed by atoms with E-state index in [2.05, 4.69) is 21.2 Å². The highest BCUT2D eigenvalue weighted by Gasteiger charge is 2.29. The summed E-state index contributed by atoms with van der Waals surface area (Å²) in [6.07, 6.45) is 5.97. The molecular weight excluding hydrogens is 312 g/mol. The topological polar surface area (TPSA) is 55.1 Å². The Labute approximate surface area is 120 Å². The molecule has 1 aromatic rings. The van der Waals surface area contributed by atoms with E-state index in [4.69, 9.17) is 5.73 Å². The second kappa shape index (κ2) is 6.17. The fourth-order valence-electron chi connectivity index (χ4n) is 2.45. The second-order valence-electron chi connectivity index (χ2n) is 5.11. The van der Waals surface area contributed by atoms with Crippen molar-refractivity contribution in [1.29, 1.82) is 0 Å². The van der Waals surface area contributed by atoms with E-state index in [9.17, 15) is 4.79 Å². The van der Waals surface area contributed by atoms with Crippen molar-refractivity contribution in [3.63, 3.8) is 0 Å². The zero-order valence-corrected chi connectivity index (χ0v) is 12.8. The third-order valence-electron chi connectivity index (χ3n) is 3.44. The number of rotatable bonds is 4. The van der Waals surface area contributed by atoms with Gasteiger partial charge in [-0.2, -0.15) is 0 Å². The van der Waals surface area contributed by atoms with Crippen LogP contribution in [-0.4, -0.2) is 11.4 Å². The van der Waals surface area contributed by atoms with Crippen LogP contribution in [0.15, 0.2) is 15.9 Å². The molecule has 2 rings (SSSR count). The quantitative estimate of drug-likeness (QED) is 0.890. The summed E-state index contributed by atoms with van der Waals surface area (Å²) in [5.74, 6) is 0.0731. The van der Waals surface area contributed by atoms with E-state index < -0.39 is 0 Å². The minimum absolute atomic E-state index is 0.0731. The normalized spacial score (nSPS) is 18.6. The van der Waals surface area contributed by atoms with Crippen LogP contribution in [0.1, 0.15) is 43.4 Å². The maximum atomic E-state index is 11.9. The third kappa shape index (κ3) is 4.07. The fourth-order valence-corrected chi connectivity index (χ4v) is 3.84. The molecule has 5 heteroatoms. The molecule has 18 heavy (non-hydrogen) atoms. The number of hydrogen-bond donors (Lipinski definition) is 2. The van der Waals surface area contributed by atoms with Gasteiger partial charge in [-0.3, -0.25) is 4.79 Å². The third-order valence-corrected chi connectivity index (χ3v) is 5.14. The van der Waals surface area contributed by atoms with Gasteiger partial charge in [0.05, 0.1) is 6.54 Å². The predicted molar refractivity (Wildman–Crippen MR) is 78.5 cm³/mol. The van der Waals surface area contributed by atoms with Crippen molar-refractivity contribution in [3.05, 3.63) is 20.8 Å². The van der Waals surface area contributed by atoms with E-state index in [1.165, 1.54) is 6.42 Å². The molecule has 1 aliphatic rings. The van der Waals surface area contributed by atoms with Gasteiger partial charge in [0.25, 0.3) is 0 Å². The molecule has 0 radical (unpaired) electrons. The first-order chi connectivity index (χ1) is 8.57. The van der Waals surface area contributed by atoms with Gasteiger partial charge in [-0.25, -0.2) is 0 Å². The molecule has 1 aliphatic carbocycles. The average molecular weight is 331 g/mol. The lowest BCUT2D eigenvalue weighted by molar-refractivity contribution is -0.122. The number of nitrogens with two attached hydrogens (primary N) is 1. The van der Waals surface area contributed by atoms with Crippen LogP contribution in [0.25, 0.3) is 0 Å². The monoisotopic (exact) mass is 330 g/mol. The molecule has 0 unspecified atom stereocenters. The van der Waals surface area contributed by atoms with Crippen LogP contribution in [0.2, 0.25) is 0 Å². The Morgan fingerprint density at radius 2 is 2.17 bits per heavy atom. The highest BCUT2D eigenvalue weighted by Crippen LogP contribution is 2.28. The molecule has 1 heterocycles. The number of hydrogen-bond acceptors (Lipinski definition) is 3. The van der Waals surface area contributed by atoms with Crippen molar-refractivity contribution in [2.75, 3.05) is 0 Å². The van der Waals surface area contributed by atoms with E-state index in [1.807, 2.05) is 11.4 Å². The van der Waals surface area contributed by atoms with Crippen LogP contribution in [-0.2, 0) is 11.3 Å². The summed E-state index contributed by atoms with van der Waals surface area (Å²) >= 11 is 5.05. The Morgan fingerprint density at radius 1 is 1.44 bits per heavy atom. The summed E-state index contributed by atoms with van der Waals surface area (Å²) < 4.78 is 1.07. The number of carbonyl (C=O) groups is 1. The minimum Gasteiger partial charge on any atom is -0.351 e. The van der Waals surface area contributed by atoms with Gasteiger partial charge in [-0.05, 0) is 34.8 Å². The summed E-state index contributed by atoms with van der Waals surface area (Å²) in [6, 6.07) is 2.03.